The van der Waals surface area contributed by atoms with Crippen molar-refractivity contribution in [2.24, 2.45) is 0 Å². The van der Waals surface area contributed by atoms with Gasteiger partial charge < -0.3 is 10.1 Å². The summed E-state index contributed by atoms with van der Waals surface area (Å²) >= 11 is 6.10. The Morgan fingerprint density at radius 1 is 1.12 bits per heavy atom. The van der Waals surface area contributed by atoms with Crippen LogP contribution in [0.3, 0.4) is 0 Å². The van der Waals surface area contributed by atoms with E-state index in [0.29, 0.717) is 29.6 Å². The molecule has 3 rings (SSSR count). The van der Waals surface area contributed by atoms with Gasteiger partial charge in [-0.25, -0.2) is 0 Å². The van der Waals surface area contributed by atoms with Crippen LogP contribution >= 0.6 is 11.6 Å². The van der Waals surface area contributed by atoms with E-state index < -0.39 is 0 Å². The van der Waals surface area contributed by atoms with E-state index in [2.05, 4.69) is 20.7 Å². The summed E-state index contributed by atoms with van der Waals surface area (Å²) in [6, 6.07) is 16.6. The van der Waals surface area contributed by atoms with Crippen LogP contribution in [0, 0.1) is 0 Å². The van der Waals surface area contributed by atoms with Crippen LogP contribution in [0.1, 0.15) is 0 Å². The molecule has 0 aliphatic rings. The zero-order valence-electron chi connectivity index (χ0n) is 13.3. The van der Waals surface area contributed by atoms with Gasteiger partial charge >= 0.3 is 0 Å². The number of nitrogens with one attached hydrogen (secondary N) is 1. The fraction of sp³-hybridized carbons (Fsp3) is 0.176. The lowest BCUT2D eigenvalue weighted by molar-refractivity contribution is -0.122. The Hall–Kier alpha value is -2.93. The van der Waals surface area contributed by atoms with Gasteiger partial charge in [0.25, 0.3) is 0 Å². The number of carbonyl (C=O) groups is 1. The smallest absolute Gasteiger partial charge is 0.243 e. The second kappa shape index (κ2) is 8.25. The predicted octanol–water partition coefficient (Wildman–Crippen LogP) is 2.19. The first-order valence-corrected chi connectivity index (χ1v) is 8.07. The fourth-order valence-corrected chi connectivity index (χ4v) is 2.34. The first-order chi connectivity index (χ1) is 12.2. The molecule has 7 nitrogen and oxygen atoms in total. The second-order valence-corrected chi connectivity index (χ2v) is 5.54. The quantitative estimate of drug-likeness (QED) is 0.655. The molecule has 0 saturated carbocycles. The Balaban J connectivity index is 1.46. The summed E-state index contributed by atoms with van der Waals surface area (Å²) < 4.78 is 5.50. The Bertz CT molecular complexity index is 838. The molecule has 0 aliphatic heterocycles. The van der Waals surface area contributed by atoms with Crippen LogP contribution < -0.4 is 10.1 Å². The number of hydrogen-bond acceptors (Lipinski definition) is 5. The maximum absolute atomic E-state index is 11.9. The van der Waals surface area contributed by atoms with Crippen LogP contribution in [-0.4, -0.2) is 39.3 Å². The van der Waals surface area contributed by atoms with Gasteiger partial charge in [-0.3, -0.25) is 4.79 Å². The molecule has 1 aromatic heterocycles. The van der Waals surface area contributed by atoms with Crippen molar-refractivity contribution in [2.75, 3.05) is 13.2 Å². The molecule has 1 N–H and O–H groups in total. The lowest BCUT2D eigenvalue weighted by atomic mass is 10.2. The average molecular weight is 358 g/mol. The Kier molecular flexibility index (Phi) is 5.58. The fourth-order valence-electron chi connectivity index (χ4n) is 2.12. The van der Waals surface area contributed by atoms with Crippen molar-refractivity contribution in [1.29, 1.82) is 0 Å². The van der Waals surface area contributed by atoms with Crippen LogP contribution in [-0.2, 0) is 11.3 Å². The van der Waals surface area contributed by atoms with Gasteiger partial charge in [0.1, 0.15) is 18.9 Å². The summed E-state index contributed by atoms with van der Waals surface area (Å²) in [5.74, 6) is 0.921. The van der Waals surface area contributed by atoms with Crippen molar-refractivity contribution in [1.82, 2.24) is 25.5 Å². The molecule has 3 aromatic rings. The topological polar surface area (TPSA) is 81.9 Å². The van der Waals surface area contributed by atoms with Gasteiger partial charge in [-0.1, -0.05) is 41.9 Å². The van der Waals surface area contributed by atoms with E-state index in [1.165, 1.54) is 4.80 Å². The molecule has 1 heterocycles. The molecule has 0 radical (unpaired) electrons. The third-order valence-corrected chi connectivity index (χ3v) is 3.62. The number of tetrazole rings is 1. The zero-order valence-corrected chi connectivity index (χ0v) is 14.1. The van der Waals surface area contributed by atoms with Crippen molar-refractivity contribution >= 4 is 17.5 Å². The third kappa shape index (κ3) is 4.77. The van der Waals surface area contributed by atoms with Gasteiger partial charge in [-0.2, -0.15) is 4.80 Å². The van der Waals surface area contributed by atoms with Crippen LogP contribution in [0.5, 0.6) is 5.75 Å². The van der Waals surface area contributed by atoms with Gasteiger partial charge in [-0.05, 0) is 29.5 Å². The first kappa shape index (κ1) is 16.9. The standard InChI is InChI=1S/C17H16ClN5O2/c18-15-9-5-4-8-14(15)17-20-22-23(21-17)12-16(24)19-10-11-25-13-6-2-1-3-7-13/h1-9H,10-12H2,(H,19,24). The van der Waals surface area contributed by atoms with Crippen LogP contribution in [0.2, 0.25) is 5.02 Å². The number of amides is 1. The molecule has 128 valence electrons. The van der Waals surface area contributed by atoms with Gasteiger partial charge in [0.15, 0.2) is 0 Å². The largest absolute Gasteiger partial charge is 0.492 e. The number of carbonyl (C=O) groups excluding carboxylic acids is 1. The van der Waals surface area contributed by atoms with Crippen LogP contribution in [0.4, 0.5) is 0 Å². The maximum atomic E-state index is 11.9. The molecule has 1 amide bonds. The highest BCUT2D eigenvalue weighted by Gasteiger charge is 2.11. The summed E-state index contributed by atoms with van der Waals surface area (Å²) in [6.45, 7) is 0.744. The number of aromatic nitrogens is 4. The minimum Gasteiger partial charge on any atom is -0.492 e. The average Bonchev–Trinajstić information content (AvgIpc) is 3.08. The van der Waals surface area contributed by atoms with Gasteiger partial charge in [0.05, 0.1) is 11.6 Å². The van der Waals surface area contributed by atoms with E-state index in [1.54, 1.807) is 12.1 Å². The predicted molar refractivity (Wildman–Crippen MR) is 93.2 cm³/mol. The molecule has 0 spiro atoms. The van der Waals surface area contributed by atoms with Crippen molar-refractivity contribution in [3.63, 3.8) is 0 Å². The minimum absolute atomic E-state index is 0.0250. The lowest BCUT2D eigenvalue weighted by Gasteiger charge is -2.07. The molecular formula is C17H16ClN5O2. The molecule has 0 fully saturated rings. The highest BCUT2D eigenvalue weighted by Crippen LogP contribution is 2.23. The molecule has 0 bridgehead atoms. The molecule has 0 atom stereocenters. The number of hydrogen-bond donors (Lipinski definition) is 1. The number of ether oxygens (including phenoxy) is 1. The summed E-state index contributed by atoms with van der Waals surface area (Å²) in [5.41, 5.74) is 0.673. The van der Waals surface area contributed by atoms with E-state index in [4.69, 9.17) is 16.3 Å². The molecular weight excluding hydrogens is 342 g/mol. The Labute approximate surface area is 149 Å². The molecule has 2 aromatic carbocycles. The number of benzene rings is 2. The van der Waals surface area contributed by atoms with E-state index in [0.717, 1.165) is 5.75 Å². The highest BCUT2D eigenvalue weighted by molar-refractivity contribution is 6.33. The van der Waals surface area contributed by atoms with Gasteiger partial charge in [-0.15, -0.1) is 10.2 Å². The minimum atomic E-state index is -0.222. The molecule has 8 heteroatoms. The zero-order chi connectivity index (χ0) is 17.5. The maximum Gasteiger partial charge on any atom is 0.243 e. The second-order valence-electron chi connectivity index (χ2n) is 5.13. The van der Waals surface area contributed by atoms with Gasteiger partial charge in [0, 0.05) is 5.56 Å². The normalized spacial score (nSPS) is 10.4. The van der Waals surface area contributed by atoms with Crippen molar-refractivity contribution in [3.05, 3.63) is 59.6 Å². The number of para-hydroxylation sites is 1. The summed E-state index contributed by atoms with van der Waals surface area (Å²) in [5, 5.41) is 15.3. The number of rotatable bonds is 7. The first-order valence-electron chi connectivity index (χ1n) is 7.69. The Morgan fingerprint density at radius 3 is 2.68 bits per heavy atom. The molecule has 0 unspecified atom stereocenters. The number of nitrogens with zero attached hydrogens (tertiary/aromatic N) is 4. The van der Waals surface area contributed by atoms with E-state index in [-0.39, 0.29) is 12.5 Å². The van der Waals surface area contributed by atoms with E-state index in [1.807, 2.05) is 42.5 Å². The van der Waals surface area contributed by atoms with E-state index >= 15 is 0 Å². The van der Waals surface area contributed by atoms with Gasteiger partial charge in [0.2, 0.25) is 11.7 Å². The summed E-state index contributed by atoms with van der Waals surface area (Å²) in [7, 11) is 0. The van der Waals surface area contributed by atoms with Crippen molar-refractivity contribution in [2.45, 2.75) is 6.54 Å². The van der Waals surface area contributed by atoms with Crippen molar-refractivity contribution in [3.8, 4) is 17.1 Å². The highest BCUT2D eigenvalue weighted by atomic mass is 35.5. The summed E-state index contributed by atoms with van der Waals surface area (Å²) in [4.78, 5) is 13.1. The lowest BCUT2D eigenvalue weighted by Crippen LogP contribution is -2.31. The number of halogens is 1. The Morgan fingerprint density at radius 2 is 1.88 bits per heavy atom. The molecule has 0 aliphatic carbocycles. The SMILES string of the molecule is O=C(Cn1nnc(-c2ccccc2Cl)n1)NCCOc1ccccc1. The third-order valence-electron chi connectivity index (χ3n) is 3.29. The van der Waals surface area contributed by atoms with Crippen LogP contribution in [0.15, 0.2) is 54.6 Å². The van der Waals surface area contributed by atoms with Crippen LogP contribution in [0.25, 0.3) is 11.4 Å². The monoisotopic (exact) mass is 357 g/mol. The molecule has 25 heavy (non-hydrogen) atoms. The molecule has 0 saturated heterocycles. The van der Waals surface area contributed by atoms with E-state index in [9.17, 15) is 4.79 Å². The summed E-state index contributed by atoms with van der Waals surface area (Å²) in [6.07, 6.45) is 0. The van der Waals surface area contributed by atoms with Crippen molar-refractivity contribution < 1.29 is 9.53 Å².